The van der Waals surface area contributed by atoms with Gasteiger partial charge in [-0.05, 0) is 47.0 Å². The lowest BCUT2D eigenvalue weighted by molar-refractivity contribution is 0.00709. The number of rotatable bonds is 3. The van der Waals surface area contributed by atoms with Crippen LogP contribution in [0.15, 0.2) is 27.6 Å². The molecule has 1 aliphatic heterocycles. The van der Waals surface area contributed by atoms with Gasteiger partial charge >= 0.3 is 0 Å². The summed E-state index contributed by atoms with van der Waals surface area (Å²) in [6.07, 6.45) is 1.91. The van der Waals surface area contributed by atoms with Crippen LogP contribution in [0.4, 0.5) is 0 Å². The average Bonchev–Trinajstić information content (AvgIpc) is 2.32. The Labute approximate surface area is 119 Å². The van der Waals surface area contributed by atoms with Crippen molar-refractivity contribution in [1.82, 2.24) is 0 Å². The topological polar surface area (TPSA) is 52.6 Å². The van der Waals surface area contributed by atoms with Gasteiger partial charge in [-0.1, -0.05) is 0 Å². The lowest BCUT2D eigenvalue weighted by Crippen LogP contribution is -2.28. The van der Waals surface area contributed by atoms with E-state index in [1.807, 2.05) is 0 Å². The molecule has 1 aromatic carbocycles. The third kappa shape index (κ3) is 3.60. The summed E-state index contributed by atoms with van der Waals surface area (Å²) in [4.78, 5) is 0.0447. The molecule has 1 aliphatic rings. The molecule has 0 aliphatic carbocycles. The summed E-state index contributed by atoms with van der Waals surface area (Å²) in [5, 5.41) is 0. The van der Waals surface area contributed by atoms with Crippen LogP contribution >= 0.6 is 26.6 Å². The maximum absolute atomic E-state index is 11.2. The average molecular weight is 356 g/mol. The Morgan fingerprint density at radius 3 is 2.78 bits per heavy atom. The van der Waals surface area contributed by atoms with E-state index in [9.17, 15) is 8.42 Å². The first-order valence-electron chi connectivity index (χ1n) is 5.45. The molecule has 4 nitrogen and oxygen atoms in total. The van der Waals surface area contributed by atoms with Crippen LogP contribution in [0.3, 0.4) is 0 Å². The van der Waals surface area contributed by atoms with Crippen molar-refractivity contribution < 1.29 is 17.9 Å². The molecule has 1 heterocycles. The highest BCUT2D eigenvalue weighted by Gasteiger charge is 2.18. The maximum Gasteiger partial charge on any atom is 0.261 e. The maximum atomic E-state index is 11.2. The van der Waals surface area contributed by atoms with Gasteiger partial charge in [0.05, 0.1) is 16.0 Å². The quantitative estimate of drug-likeness (QED) is 0.782. The molecular weight excluding hydrogens is 344 g/mol. The van der Waals surface area contributed by atoms with Crippen LogP contribution < -0.4 is 4.74 Å². The summed E-state index contributed by atoms with van der Waals surface area (Å²) in [6, 6.07) is 4.45. The fourth-order valence-corrected chi connectivity index (χ4v) is 3.11. The molecule has 1 atom stereocenters. The summed E-state index contributed by atoms with van der Waals surface area (Å²) in [5.74, 6) is 0.592. The second-order valence-electron chi connectivity index (χ2n) is 3.99. The van der Waals surface area contributed by atoms with Crippen molar-refractivity contribution in [2.75, 3.05) is 13.2 Å². The molecule has 1 fully saturated rings. The molecule has 0 N–H and O–H groups in total. The second-order valence-corrected chi connectivity index (χ2v) is 7.41. The van der Waals surface area contributed by atoms with Crippen molar-refractivity contribution in [3.05, 3.63) is 22.7 Å². The van der Waals surface area contributed by atoms with E-state index in [0.717, 1.165) is 19.4 Å². The van der Waals surface area contributed by atoms with E-state index >= 15 is 0 Å². The van der Waals surface area contributed by atoms with Crippen LogP contribution in [0.25, 0.3) is 0 Å². The number of hydrogen-bond acceptors (Lipinski definition) is 4. The third-order valence-corrected chi connectivity index (χ3v) is 4.57. The van der Waals surface area contributed by atoms with Crippen molar-refractivity contribution in [3.8, 4) is 5.75 Å². The number of benzene rings is 1. The van der Waals surface area contributed by atoms with Crippen LogP contribution in [0.2, 0.25) is 0 Å². The van der Waals surface area contributed by atoms with Crippen LogP contribution in [-0.4, -0.2) is 27.7 Å². The molecule has 1 saturated heterocycles. The largest absolute Gasteiger partial charge is 0.487 e. The Morgan fingerprint density at radius 1 is 1.44 bits per heavy atom. The zero-order valence-electron chi connectivity index (χ0n) is 9.43. The first-order chi connectivity index (χ1) is 8.47. The van der Waals surface area contributed by atoms with Crippen LogP contribution in [0.1, 0.15) is 12.8 Å². The Balaban J connectivity index is 2.14. The SMILES string of the molecule is O=S(=O)(Cl)c1ccc(OC2CCCOC2)c(Br)c1. The van der Waals surface area contributed by atoms with Gasteiger partial charge in [0, 0.05) is 17.3 Å². The predicted molar refractivity (Wildman–Crippen MR) is 71.6 cm³/mol. The highest BCUT2D eigenvalue weighted by molar-refractivity contribution is 9.10. The first-order valence-corrected chi connectivity index (χ1v) is 8.55. The van der Waals surface area contributed by atoms with E-state index in [1.165, 1.54) is 12.1 Å². The van der Waals surface area contributed by atoms with Crippen LogP contribution in [0, 0.1) is 0 Å². The minimum atomic E-state index is -3.71. The van der Waals surface area contributed by atoms with Crippen molar-refractivity contribution in [2.24, 2.45) is 0 Å². The van der Waals surface area contributed by atoms with Crippen LogP contribution in [0.5, 0.6) is 5.75 Å². The second kappa shape index (κ2) is 5.77. The van der Waals surface area contributed by atoms with E-state index < -0.39 is 9.05 Å². The summed E-state index contributed by atoms with van der Waals surface area (Å²) in [7, 11) is 1.55. The third-order valence-electron chi connectivity index (χ3n) is 2.60. The molecule has 1 aromatic rings. The number of hydrogen-bond donors (Lipinski definition) is 0. The van der Waals surface area contributed by atoms with Gasteiger partial charge in [-0.2, -0.15) is 0 Å². The first kappa shape index (κ1) is 14.1. The van der Waals surface area contributed by atoms with Crippen molar-refractivity contribution in [3.63, 3.8) is 0 Å². The smallest absolute Gasteiger partial charge is 0.261 e. The summed E-state index contributed by atoms with van der Waals surface area (Å²) >= 11 is 3.28. The van der Waals surface area contributed by atoms with Gasteiger partial charge in [0.15, 0.2) is 0 Å². The Bertz CT molecular complexity index is 526. The Kier molecular flexibility index (Phi) is 4.53. The van der Waals surface area contributed by atoms with Gasteiger partial charge in [-0.3, -0.25) is 0 Å². The molecule has 2 rings (SSSR count). The highest BCUT2D eigenvalue weighted by atomic mass is 79.9. The molecule has 0 spiro atoms. The predicted octanol–water partition coefficient (Wildman–Crippen LogP) is 2.93. The van der Waals surface area contributed by atoms with E-state index in [-0.39, 0.29) is 11.0 Å². The molecular formula is C11H12BrClO4S. The zero-order valence-corrected chi connectivity index (χ0v) is 12.6. The molecule has 1 unspecified atom stereocenters. The molecule has 100 valence electrons. The molecule has 0 radical (unpaired) electrons. The van der Waals surface area contributed by atoms with Gasteiger partial charge < -0.3 is 9.47 Å². The molecule has 18 heavy (non-hydrogen) atoms. The normalized spacial score (nSPS) is 20.7. The molecule has 0 aromatic heterocycles. The fraction of sp³-hybridized carbons (Fsp3) is 0.455. The molecule has 7 heteroatoms. The molecule has 0 bridgehead atoms. The number of ether oxygens (including phenoxy) is 2. The van der Waals surface area contributed by atoms with Gasteiger partial charge in [-0.15, -0.1) is 0 Å². The monoisotopic (exact) mass is 354 g/mol. The van der Waals surface area contributed by atoms with Gasteiger partial charge in [0.25, 0.3) is 9.05 Å². The lowest BCUT2D eigenvalue weighted by atomic mass is 10.2. The Morgan fingerprint density at radius 2 is 2.22 bits per heavy atom. The summed E-state index contributed by atoms with van der Waals surface area (Å²) in [6.45, 7) is 1.33. The van der Waals surface area contributed by atoms with Gasteiger partial charge in [-0.25, -0.2) is 8.42 Å². The highest BCUT2D eigenvalue weighted by Crippen LogP contribution is 2.30. The zero-order chi connectivity index (χ0) is 13.2. The van der Waals surface area contributed by atoms with E-state index in [4.69, 9.17) is 20.2 Å². The van der Waals surface area contributed by atoms with Crippen molar-refractivity contribution in [1.29, 1.82) is 0 Å². The van der Waals surface area contributed by atoms with E-state index in [0.29, 0.717) is 16.8 Å². The Hall–Kier alpha value is -0.300. The van der Waals surface area contributed by atoms with Crippen LogP contribution in [-0.2, 0) is 13.8 Å². The van der Waals surface area contributed by atoms with Gasteiger partial charge in [0.1, 0.15) is 11.9 Å². The van der Waals surface area contributed by atoms with Crippen molar-refractivity contribution >= 4 is 35.7 Å². The van der Waals surface area contributed by atoms with E-state index in [1.54, 1.807) is 6.07 Å². The van der Waals surface area contributed by atoms with Gasteiger partial charge in [0.2, 0.25) is 0 Å². The number of halogens is 2. The lowest BCUT2D eigenvalue weighted by Gasteiger charge is -2.23. The minimum Gasteiger partial charge on any atom is -0.487 e. The summed E-state index contributed by atoms with van der Waals surface area (Å²) in [5.41, 5.74) is 0. The standard InChI is InChI=1S/C11H12BrClO4S/c12-10-6-9(18(13,14)15)3-4-11(10)17-8-2-1-5-16-7-8/h3-4,6,8H,1-2,5,7H2. The summed E-state index contributed by atoms with van der Waals surface area (Å²) < 4.78 is 34.0. The minimum absolute atomic E-state index is 0.00788. The molecule has 0 saturated carbocycles. The van der Waals surface area contributed by atoms with E-state index in [2.05, 4.69) is 15.9 Å². The fourth-order valence-electron chi connectivity index (χ4n) is 1.71. The van der Waals surface area contributed by atoms with Crippen molar-refractivity contribution in [2.45, 2.75) is 23.8 Å². The molecule has 0 amide bonds.